The van der Waals surface area contributed by atoms with Gasteiger partial charge in [0.1, 0.15) is 5.78 Å². The maximum atomic E-state index is 12.1. The normalized spacial score (nSPS) is 25.3. The van der Waals surface area contributed by atoms with Crippen molar-refractivity contribution >= 4 is 11.8 Å². The van der Waals surface area contributed by atoms with Gasteiger partial charge < -0.3 is 14.9 Å². The fourth-order valence-electron chi connectivity index (χ4n) is 3.28. The van der Waals surface area contributed by atoms with Crippen LogP contribution in [0, 0.1) is 11.8 Å². The minimum absolute atomic E-state index is 0.0793. The van der Waals surface area contributed by atoms with E-state index in [4.69, 9.17) is 0 Å². The fourth-order valence-corrected chi connectivity index (χ4v) is 3.28. The van der Waals surface area contributed by atoms with Crippen molar-refractivity contribution in [2.45, 2.75) is 76.9 Å². The lowest BCUT2D eigenvalue weighted by atomic mass is 9.88. The van der Waals surface area contributed by atoms with E-state index < -0.39 is 12.2 Å². The van der Waals surface area contributed by atoms with Crippen LogP contribution in [0.4, 0.5) is 0 Å². The van der Waals surface area contributed by atoms with E-state index in [0.717, 1.165) is 25.7 Å². The SMILES string of the molecule is CCCCCC(O)/C=C/C1C(O)CC(=O)C1CCCCC(=O)OC. The first-order valence-corrected chi connectivity index (χ1v) is 9.13. The van der Waals surface area contributed by atoms with E-state index in [1.807, 2.05) is 6.08 Å². The van der Waals surface area contributed by atoms with Crippen LogP contribution in [0.3, 0.4) is 0 Å². The Morgan fingerprint density at radius 3 is 2.75 bits per heavy atom. The molecule has 0 bridgehead atoms. The number of rotatable bonds is 11. The smallest absolute Gasteiger partial charge is 0.305 e. The van der Waals surface area contributed by atoms with Gasteiger partial charge in [-0.2, -0.15) is 0 Å². The topological polar surface area (TPSA) is 83.8 Å². The standard InChI is InChI=1S/C19H32O5/c1-3-4-5-8-14(20)11-12-16-15(17(21)13-18(16)22)9-6-7-10-19(23)24-2/h11-12,14-16,18,20,22H,3-10,13H2,1-2H3/b12-11+. The maximum Gasteiger partial charge on any atom is 0.305 e. The summed E-state index contributed by atoms with van der Waals surface area (Å²) < 4.78 is 4.60. The molecule has 4 unspecified atom stereocenters. The number of ether oxygens (including phenoxy) is 1. The van der Waals surface area contributed by atoms with Crippen LogP contribution >= 0.6 is 0 Å². The van der Waals surface area contributed by atoms with Crippen molar-refractivity contribution in [1.82, 2.24) is 0 Å². The van der Waals surface area contributed by atoms with E-state index >= 15 is 0 Å². The number of Topliss-reactive ketones (excluding diaryl/α,β-unsaturated/α-hetero) is 1. The highest BCUT2D eigenvalue weighted by atomic mass is 16.5. The summed E-state index contributed by atoms with van der Waals surface area (Å²) in [4.78, 5) is 23.2. The average Bonchev–Trinajstić information content (AvgIpc) is 2.82. The number of hydrogen-bond acceptors (Lipinski definition) is 5. The second-order valence-corrected chi connectivity index (χ2v) is 6.69. The highest BCUT2D eigenvalue weighted by Gasteiger charge is 2.39. The van der Waals surface area contributed by atoms with E-state index in [0.29, 0.717) is 25.7 Å². The molecule has 0 aromatic carbocycles. The molecular formula is C19H32O5. The number of aliphatic hydroxyl groups is 2. The molecular weight excluding hydrogens is 308 g/mol. The Morgan fingerprint density at radius 2 is 2.08 bits per heavy atom. The minimum Gasteiger partial charge on any atom is -0.469 e. The van der Waals surface area contributed by atoms with Crippen molar-refractivity contribution in [2.24, 2.45) is 11.8 Å². The third-order valence-electron chi connectivity index (χ3n) is 4.77. The Bertz CT molecular complexity index is 418. The van der Waals surface area contributed by atoms with Crippen LogP contribution in [0.1, 0.15) is 64.7 Å². The van der Waals surface area contributed by atoms with Crippen molar-refractivity contribution in [3.8, 4) is 0 Å². The predicted molar refractivity (Wildman–Crippen MR) is 92.4 cm³/mol. The lowest BCUT2D eigenvalue weighted by Gasteiger charge is -2.18. The fraction of sp³-hybridized carbons (Fsp3) is 0.789. The molecule has 0 radical (unpaired) electrons. The number of ketones is 1. The number of aliphatic hydroxyl groups excluding tert-OH is 2. The molecule has 0 aromatic rings. The monoisotopic (exact) mass is 340 g/mol. The van der Waals surface area contributed by atoms with Crippen LogP contribution in [-0.2, 0) is 14.3 Å². The van der Waals surface area contributed by atoms with Gasteiger partial charge in [-0.15, -0.1) is 0 Å². The summed E-state index contributed by atoms with van der Waals surface area (Å²) in [5.41, 5.74) is 0. The summed E-state index contributed by atoms with van der Waals surface area (Å²) in [7, 11) is 1.37. The molecule has 138 valence electrons. The highest BCUT2D eigenvalue weighted by molar-refractivity contribution is 5.84. The molecule has 4 atom stereocenters. The molecule has 0 saturated heterocycles. The van der Waals surface area contributed by atoms with Crippen LogP contribution < -0.4 is 0 Å². The minimum atomic E-state index is -0.665. The molecule has 1 aliphatic carbocycles. The van der Waals surface area contributed by atoms with Gasteiger partial charge in [-0.1, -0.05) is 44.8 Å². The molecule has 0 spiro atoms. The number of hydrogen-bond donors (Lipinski definition) is 2. The van der Waals surface area contributed by atoms with Crippen molar-refractivity contribution in [3.63, 3.8) is 0 Å². The molecule has 5 nitrogen and oxygen atoms in total. The van der Waals surface area contributed by atoms with E-state index in [1.165, 1.54) is 7.11 Å². The van der Waals surface area contributed by atoms with Crippen molar-refractivity contribution < 1.29 is 24.5 Å². The van der Waals surface area contributed by atoms with Crippen molar-refractivity contribution in [2.75, 3.05) is 7.11 Å². The van der Waals surface area contributed by atoms with Crippen LogP contribution in [0.15, 0.2) is 12.2 Å². The van der Waals surface area contributed by atoms with Crippen LogP contribution in [0.5, 0.6) is 0 Å². The molecule has 1 fully saturated rings. The Labute approximate surface area is 145 Å². The number of carbonyl (C=O) groups excluding carboxylic acids is 2. The first kappa shape index (κ1) is 20.8. The Balaban J connectivity index is 2.46. The molecule has 1 rings (SSSR count). The number of unbranched alkanes of at least 4 members (excludes halogenated alkanes) is 3. The van der Waals surface area contributed by atoms with Gasteiger partial charge in [-0.3, -0.25) is 9.59 Å². The number of methoxy groups -OCH3 is 1. The molecule has 0 amide bonds. The number of esters is 1. The molecule has 24 heavy (non-hydrogen) atoms. The van der Waals surface area contributed by atoms with Crippen LogP contribution in [0.25, 0.3) is 0 Å². The zero-order chi connectivity index (χ0) is 17.9. The zero-order valence-corrected chi connectivity index (χ0v) is 14.9. The summed E-state index contributed by atoms with van der Waals surface area (Å²) in [6.07, 6.45) is 8.90. The van der Waals surface area contributed by atoms with Crippen molar-refractivity contribution in [1.29, 1.82) is 0 Å². The van der Waals surface area contributed by atoms with E-state index in [9.17, 15) is 19.8 Å². The summed E-state index contributed by atoms with van der Waals surface area (Å²) >= 11 is 0. The summed E-state index contributed by atoms with van der Waals surface area (Å²) in [6.45, 7) is 2.12. The Kier molecular flexibility index (Phi) is 9.88. The lowest BCUT2D eigenvalue weighted by Crippen LogP contribution is -2.19. The largest absolute Gasteiger partial charge is 0.469 e. The maximum absolute atomic E-state index is 12.1. The van der Waals surface area contributed by atoms with Gasteiger partial charge in [0, 0.05) is 24.7 Å². The predicted octanol–water partition coefficient (Wildman–Crippen LogP) is 2.78. The third-order valence-corrected chi connectivity index (χ3v) is 4.77. The Morgan fingerprint density at radius 1 is 1.33 bits per heavy atom. The molecule has 0 aromatic heterocycles. The van der Waals surface area contributed by atoms with Gasteiger partial charge in [0.15, 0.2) is 0 Å². The molecule has 0 aliphatic heterocycles. The zero-order valence-electron chi connectivity index (χ0n) is 14.9. The molecule has 2 N–H and O–H groups in total. The van der Waals surface area contributed by atoms with Gasteiger partial charge in [-0.05, 0) is 19.3 Å². The molecule has 1 aliphatic rings. The van der Waals surface area contributed by atoms with Gasteiger partial charge in [0.25, 0.3) is 0 Å². The van der Waals surface area contributed by atoms with E-state index in [-0.39, 0.29) is 30.0 Å². The average molecular weight is 340 g/mol. The summed E-state index contributed by atoms with van der Waals surface area (Å²) in [5, 5.41) is 20.1. The van der Waals surface area contributed by atoms with Gasteiger partial charge in [0.2, 0.25) is 0 Å². The second kappa shape index (κ2) is 11.4. The van der Waals surface area contributed by atoms with E-state index in [1.54, 1.807) is 6.08 Å². The summed E-state index contributed by atoms with van der Waals surface area (Å²) in [6, 6.07) is 0. The second-order valence-electron chi connectivity index (χ2n) is 6.69. The van der Waals surface area contributed by atoms with Gasteiger partial charge in [0.05, 0.1) is 19.3 Å². The molecule has 1 saturated carbocycles. The quantitative estimate of drug-likeness (QED) is 0.343. The first-order chi connectivity index (χ1) is 11.5. The van der Waals surface area contributed by atoms with E-state index in [2.05, 4.69) is 11.7 Å². The van der Waals surface area contributed by atoms with Crippen LogP contribution in [0.2, 0.25) is 0 Å². The van der Waals surface area contributed by atoms with Gasteiger partial charge >= 0.3 is 5.97 Å². The van der Waals surface area contributed by atoms with Crippen LogP contribution in [-0.4, -0.2) is 41.3 Å². The summed E-state index contributed by atoms with van der Waals surface area (Å²) in [5.74, 6) is -0.594. The lowest BCUT2D eigenvalue weighted by molar-refractivity contribution is -0.140. The highest BCUT2D eigenvalue weighted by Crippen LogP contribution is 2.34. The third kappa shape index (κ3) is 7.14. The Hall–Kier alpha value is -1.20. The number of carbonyl (C=O) groups is 2. The first-order valence-electron chi connectivity index (χ1n) is 9.13. The van der Waals surface area contributed by atoms with Gasteiger partial charge in [-0.25, -0.2) is 0 Å². The molecule has 0 heterocycles. The molecule has 5 heteroatoms. The van der Waals surface area contributed by atoms with Crippen molar-refractivity contribution in [3.05, 3.63) is 12.2 Å².